The van der Waals surface area contributed by atoms with E-state index in [1.54, 1.807) is 0 Å². The number of hydrogen-bond acceptors (Lipinski definition) is 2. The summed E-state index contributed by atoms with van der Waals surface area (Å²) in [6, 6.07) is 8.01. The Balaban J connectivity index is 2.58. The van der Waals surface area contributed by atoms with Gasteiger partial charge in [-0.15, -0.1) is 0 Å². The highest BCUT2D eigenvalue weighted by Gasteiger charge is 2.08. The third kappa shape index (κ3) is 0.998. The Morgan fingerprint density at radius 1 is 1.42 bits per heavy atom. The normalized spacial score (nSPS) is 13.6. The van der Waals surface area contributed by atoms with Gasteiger partial charge in [0.1, 0.15) is 0 Å². The summed E-state index contributed by atoms with van der Waals surface area (Å²) in [4.78, 5) is 4.15. The molecule has 2 heteroatoms. The second-order valence-electron chi connectivity index (χ2n) is 2.78. The molecule has 2 nitrogen and oxygen atoms in total. The Kier molecular flexibility index (Phi) is 1.64. The Bertz CT molecular complexity index is 372. The Morgan fingerprint density at radius 3 is 3.17 bits per heavy atom. The van der Waals surface area contributed by atoms with Crippen molar-refractivity contribution in [3.63, 3.8) is 0 Å². The quantitative estimate of drug-likeness (QED) is 0.563. The first kappa shape index (κ1) is 7.05. The summed E-state index contributed by atoms with van der Waals surface area (Å²) < 4.78 is 0. The van der Waals surface area contributed by atoms with E-state index in [2.05, 4.69) is 17.1 Å². The fraction of sp³-hybridized carbons (Fsp3) is 0.200. The van der Waals surface area contributed by atoms with Crippen LogP contribution in [-0.4, -0.2) is 6.21 Å². The molecule has 0 aromatic heterocycles. The van der Waals surface area contributed by atoms with Crippen molar-refractivity contribution >= 4 is 6.21 Å². The van der Waals surface area contributed by atoms with Crippen molar-refractivity contribution in [1.82, 2.24) is 0 Å². The average Bonchev–Trinajstić information content (AvgIpc) is 2.17. The van der Waals surface area contributed by atoms with Gasteiger partial charge in [0.2, 0.25) is 0 Å². The zero-order valence-corrected chi connectivity index (χ0v) is 6.62. The van der Waals surface area contributed by atoms with Gasteiger partial charge in [0, 0.05) is 12.6 Å². The maximum Gasteiger partial charge on any atom is 0.0995 e. The fourth-order valence-corrected chi connectivity index (χ4v) is 1.44. The molecule has 0 bridgehead atoms. The van der Waals surface area contributed by atoms with E-state index >= 15 is 0 Å². The van der Waals surface area contributed by atoms with Gasteiger partial charge in [0.15, 0.2) is 0 Å². The van der Waals surface area contributed by atoms with Crippen molar-refractivity contribution in [3.05, 3.63) is 34.9 Å². The van der Waals surface area contributed by atoms with E-state index in [0.29, 0.717) is 6.54 Å². The maximum atomic E-state index is 8.79. The molecule has 2 rings (SSSR count). The molecule has 12 heavy (non-hydrogen) atoms. The van der Waals surface area contributed by atoms with E-state index in [-0.39, 0.29) is 0 Å². The molecule has 0 fully saturated rings. The monoisotopic (exact) mass is 156 g/mol. The van der Waals surface area contributed by atoms with Crippen LogP contribution in [0.2, 0.25) is 0 Å². The van der Waals surface area contributed by atoms with Gasteiger partial charge in [-0.3, -0.25) is 4.99 Å². The van der Waals surface area contributed by atoms with Crippen LogP contribution in [0.4, 0.5) is 0 Å². The zero-order chi connectivity index (χ0) is 8.39. The van der Waals surface area contributed by atoms with Crippen LogP contribution in [0.1, 0.15) is 16.7 Å². The number of nitriles is 1. The molecule has 1 heterocycles. The fourth-order valence-electron chi connectivity index (χ4n) is 1.44. The zero-order valence-electron chi connectivity index (χ0n) is 6.62. The summed E-state index contributed by atoms with van der Waals surface area (Å²) in [7, 11) is 0. The lowest BCUT2D eigenvalue weighted by atomic mass is 9.98. The lowest BCUT2D eigenvalue weighted by Crippen LogP contribution is -2.02. The van der Waals surface area contributed by atoms with Crippen molar-refractivity contribution in [3.8, 4) is 6.07 Å². The van der Waals surface area contributed by atoms with Gasteiger partial charge in [-0.2, -0.15) is 5.26 Å². The molecule has 0 N–H and O–H groups in total. The van der Waals surface area contributed by atoms with Crippen LogP contribution in [0.5, 0.6) is 0 Å². The summed E-state index contributed by atoms with van der Waals surface area (Å²) in [5.41, 5.74) is 3.11. The molecule has 0 saturated carbocycles. The van der Waals surface area contributed by atoms with E-state index in [9.17, 15) is 0 Å². The van der Waals surface area contributed by atoms with Gasteiger partial charge < -0.3 is 0 Å². The second kappa shape index (κ2) is 2.78. The highest BCUT2D eigenvalue weighted by molar-refractivity contribution is 5.66. The van der Waals surface area contributed by atoms with Crippen LogP contribution in [0.3, 0.4) is 0 Å². The largest absolute Gasteiger partial charge is 0.292 e. The molecule has 0 unspecified atom stereocenters. The van der Waals surface area contributed by atoms with Crippen molar-refractivity contribution in [2.24, 2.45) is 4.99 Å². The predicted molar refractivity (Wildman–Crippen MR) is 47.1 cm³/mol. The second-order valence-corrected chi connectivity index (χ2v) is 2.78. The molecule has 58 valence electrons. The van der Waals surface area contributed by atoms with Gasteiger partial charge in [-0.05, 0) is 17.2 Å². The molecule has 0 atom stereocenters. The third-order valence-electron chi connectivity index (χ3n) is 2.08. The lowest BCUT2D eigenvalue weighted by molar-refractivity contribution is 0.997. The van der Waals surface area contributed by atoms with Gasteiger partial charge in [-0.1, -0.05) is 12.1 Å². The van der Waals surface area contributed by atoms with E-state index < -0.39 is 0 Å². The molecule has 0 aliphatic carbocycles. The maximum absolute atomic E-state index is 8.79. The molecule has 0 saturated heterocycles. The first-order chi connectivity index (χ1) is 5.92. The van der Waals surface area contributed by atoms with Crippen LogP contribution in [-0.2, 0) is 13.0 Å². The number of rotatable bonds is 0. The van der Waals surface area contributed by atoms with Crippen molar-refractivity contribution < 1.29 is 0 Å². The average molecular weight is 156 g/mol. The van der Waals surface area contributed by atoms with Gasteiger partial charge in [0.05, 0.1) is 18.2 Å². The minimum atomic E-state index is 0.666. The van der Waals surface area contributed by atoms with Crippen molar-refractivity contribution in [2.75, 3.05) is 0 Å². The van der Waals surface area contributed by atoms with Gasteiger partial charge in [-0.25, -0.2) is 0 Å². The molecule has 0 amide bonds. The highest BCUT2D eigenvalue weighted by Crippen LogP contribution is 2.18. The first-order valence-corrected chi connectivity index (χ1v) is 3.91. The molecular formula is C10H8N2. The molecule has 0 spiro atoms. The first-order valence-electron chi connectivity index (χ1n) is 3.91. The highest BCUT2D eigenvalue weighted by atomic mass is 14.7. The van der Waals surface area contributed by atoms with Crippen LogP contribution in [0, 0.1) is 11.3 Å². The molecule has 1 aliphatic heterocycles. The number of aliphatic imine (C=N–C) groups is 1. The van der Waals surface area contributed by atoms with Gasteiger partial charge in [0.25, 0.3) is 0 Å². The number of benzene rings is 1. The predicted octanol–water partition coefficient (Wildman–Crippen LogP) is 1.69. The van der Waals surface area contributed by atoms with E-state index in [4.69, 9.17) is 5.26 Å². The van der Waals surface area contributed by atoms with Crippen LogP contribution >= 0.6 is 0 Å². The smallest absolute Gasteiger partial charge is 0.0995 e. The summed E-state index contributed by atoms with van der Waals surface area (Å²) >= 11 is 0. The topological polar surface area (TPSA) is 36.1 Å². The minimum absolute atomic E-state index is 0.666. The van der Waals surface area contributed by atoms with Crippen molar-refractivity contribution in [1.29, 1.82) is 5.26 Å². The van der Waals surface area contributed by atoms with E-state index in [1.165, 1.54) is 5.56 Å². The van der Waals surface area contributed by atoms with Crippen molar-refractivity contribution in [2.45, 2.75) is 13.0 Å². The van der Waals surface area contributed by atoms with Crippen LogP contribution < -0.4 is 0 Å². The Hall–Kier alpha value is -1.62. The Morgan fingerprint density at radius 2 is 2.33 bits per heavy atom. The number of nitrogens with zero attached hydrogens (tertiary/aromatic N) is 2. The molecule has 0 radical (unpaired) electrons. The minimum Gasteiger partial charge on any atom is -0.292 e. The SMILES string of the molecule is N#Cc1cccc2c1CN=CC2. The third-order valence-corrected chi connectivity index (χ3v) is 2.08. The lowest BCUT2D eigenvalue weighted by Gasteiger charge is -2.10. The Labute approximate surface area is 71.2 Å². The molecule has 1 aromatic rings. The van der Waals surface area contributed by atoms with E-state index in [0.717, 1.165) is 17.5 Å². The standard InChI is InChI=1S/C10H8N2/c11-6-9-3-1-2-8-4-5-12-7-10(8)9/h1-3,5H,4,7H2. The summed E-state index contributed by atoms with van der Waals surface area (Å²) in [6.45, 7) is 0.666. The van der Waals surface area contributed by atoms with Crippen LogP contribution in [0.15, 0.2) is 23.2 Å². The van der Waals surface area contributed by atoms with Gasteiger partial charge >= 0.3 is 0 Å². The molecule has 1 aliphatic rings. The van der Waals surface area contributed by atoms with E-state index in [1.807, 2.05) is 18.3 Å². The number of hydrogen-bond donors (Lipinski definition) is 0. The molecule has 1 aromatic carbocycles. The summed E-state index contributed by atoms with van der Waals surface area (Å²) in [6.07, 6.45) is 2.77. The molecular weight excluding hydrogens is 148 g/mol. The summed E-state index contributed by atoms with van der Waals surface area (Å²) in [5.74, 6) is 0. The number of fused-ring (bicyclic) bond motifs is 1. The van der Waals surface area contributed by atoms with Crippen LogP contribution in [0.25, 0.3) is 0 Å². The summed E-state index contributed by atoms with van der Waals surface area (Å²) in [5, 5.41) is 8.79.